The summed E-state index contributed by atoms with van der Waals surface area (Å²) in [6.07, 6.45) is 1.35. The second-order valence-corrected chi connectivity index (χ2v) is 4.61. The van der Waals surface area contributed by atoms with Crippen LogP contribution in [0, 0.1) is 0 Å². The van der Waals surface area contributed by atoms with Crippen LogP contribution in [0.25, 0.3) is 0 Å². The standard InChI is InChI=1S/C12H18BrNO3.ClH/c1-2-17-11-7-8(6-9(13)12(11)16)10(14)4-3-5-15;/h6-7,10,15-16H,2-5,14H2,1H3;1H/t10-;/m0./s1. The average Bonchev–Trinajstić information content (AvgIpc) is 2.31. The number of aromatic hydroxyl groups is 1. The largest absolute Gasteiger partial charge is 0.503 e. The first-order valence-corrected chi connectivity index (χ1v) is 6.41. The van der Waals surface area contributed by atoms with Crippen molar-refractivity contribution in [2.24, 2.45) is 5.73 Å². The first-order chi connectivity index (χ1) is 8.10. The van der Waals surface area contributed by atoms with Gasteiger partial charge >= 0.3 is 0 Å². The molecular formula is C12H19BrClNO3. The van der Waals surface area contributed by atoms with Gasteiger partial charge in [0.25, 0.3) is 0 Å². The fourth-order valence-corrected chi connectivity index (χ4v) is 2.01. The molecule has 0 fully saturated rings. The highest BCUT2D eigenvalue weighted by Gasteiger charge is 2.13. The van der Waals surface area contributed by atoms with Crippen LogP contribution in [-0.4, -0.2) is 23.4 Å². The molecule has 0 aliphatic heterocycles. The molecule has 104 valence electrons. The fourth-order valence-electron chi connectivity index (χ4n) is 1.55. The molecule has 6 heteroatoms. The molecule has 0 radical (unpaired) electrons. The Kier molecular flexibility index (Phi) is 8.35. The van der Waals surface area contributed by atoms with Gasteiger partial charge in [0.05, 0.1) is 11.1 Å². The van der Waals surface area contributed by atoms with Crippen LogP contribution in [0.15, 0.2) is 16.6 Å². The van der Waals surface area contributed by atoms with E-state index < -0.39 is 0 Å². The van der Waals surface area contributed by atoms with Gasteiger partial charge in [0.1, 0.15) is 0 Å². The Morgan fingerprint density at radius 3 is 2.67 bits per heavy atom. The molecule has 0 unspecified atom stereocenters. The number of rotatable bonds is 6. The summed E-state index contributed by atoms with van der Waals surface area (Å²) in [5.74, 6) is 0.515. The monoisotopic (exact) mass is 339 g/mol. The van der Waals surface area contributed by atoms with Gasteiger partial charge in [-0.1, -0.05) is 0 Å². The molecule has 0 aliphatic carbocycles. The van der Waals surface area contributed by atoms with Gasteiger partial charge in [-0.25, -0.2) is 0 Å². The number of phenolic OH excluding ortho intramolecular Hbond substituents is 1. The topological polar surface area (TPSA) is 75.7 Å². The maximum Gasteiger partial charge on any atom is 0.172 e. The lowest BCUT2D eigenvalue weighted by Crippen LogP contribution is -2.11. The molecule has 0 aliphatic rings. The van der Waals surface area contributed by atoms with E-state index in [1.807, 2.05) is 6.92 Å². The lowest BCUT2D eigenvalue weighted by Gasteiger charge is -2.15. The summed E-state index contributed by atoms with van der Waals surface area (Å²) in [5.41, 5.74) is 6.88. The first-order valence-electron chi connectivity index (χ1n) is 5.61. The molecule has 1 rings (SSSR count). The fraction of sp³-hybridized carbons (Fsp3) is 0.500. The third kappa shape index (κ3) is 4.65. The van der Waals surface area contributed by atoms with Gasteiger partial charge < -0.3 is 20.7 Å². The van der Waals surface area contributed by atoms with Crippen molar-refractivity contribution in [1.82, 2.24) is 0 Å². The van der Waals surface area contributed by atoms with Crippen molar-refractivity contribution in [3.8, 4) is 11.5 Å². The number of ether oxygens (including phenoxy) is 1. The van der Waals surface area contributed by atoms with Crippen LogP contribution in [0.2, 0.25) is 0 Å². The molecular weight excluding hydrogens is 321 g/mol. The molecule has 0 saturated carbocycles. The molecule has 1 aromatic rings. The lowest BCUT2D eigenvalue weighted by atomic mass is 10.0. The van der Waals surface area contributed by atoms with Crippen LogP contribution in [0.1, 0.15) is 31.4 Å². The summed E-state index contributed by atoms with van der Waals surface area (Å²) < 4.78 is 5.90. The van der Waals surface area contributed by atoms with Gasteiger partial charge in [0.2, 0.25) is 0 Å². The van der Waals surface area contributed by atoms with Crippen molar-refractivity contribution < 1.29 is 14.9 Å². The van der Waals surface area contributed by atoms with E-state index in [0.717, 1.165) is 5.56 Å². The van der Waals surface area contributed by atoms with Crippen LogP contribution in [0.4, 0.5) is 0 Å². The lowest BCUT2D eigenvalue weighted by molar-refractivity contribution is 0.279. The maximum absolute atomic E-state index is 9.76. The minimum atomic E-state index is -0.168. The molecule has 0 spiro atoms. The normalized spacial score (nSPS) is 11.8. The van der Waals surface area contributed by atoms with Crippen LogP contribution in [0.3, 0.4) is 0 Å². The smallest absolute Gasteiger partial charge is 0.172 e. The molecule has 18 heavy (non-hydrogen) atoms. The summed E-state index contributed by atoms with van der Waals surface area (Å²) in [6.45, 7) is 2.46. The SMILES string of the molecule is CCOc1cc([C@@H](N)CCCO)cc(Br)c1O.Cl. The number of hydrogen-bond acceptors (Lipinski definition) is 4. The number of benzene rings is 1. The third-order valence-electron chi connectivity index (χ3n) is 2.45. The Bertz CT molecular complexity index is 377. The van der Waals surface area contributed by atoms with Crippen LogP contribution >= 0.6 is 28.3 Å². The van der Waals surface area contributed by atoms with E-state index in [1.54, 1.807) is 12.1 Å². The second kappa shape index (κ2) is 8.58. The molecule has 1 aromatic carbocycles. The van der Waals surface area contributed by atoms with Gasteiger partial charge in [-0.3, -0.25) is 0 Å². The predicted molar refractivity (Wildman–Crippen MR) is 77.5 cm³/mol. The summed E-state index contributed by atoms with van der Waals surface area (Å²) in [4.78, 5) is 0. The number of aliphatic hydroxyl groups is 1. The zero-order valence-electron chi connectivity index (χ0n) is 10.2. The van der Waals surface area contributed by atoms with Crippen molar-refractivity contribution in [1.29, 1.82) is 0 Å². The van der Waals surface area contributed by atoms with Crippen molar-refractivity contribution in [2.75, 3.05) is 13.2 Å². The van der Waals surface area contributed by atoms with Crippen molar-refractivity contribution in [3.63, 3.8) is 0 Å². The zero-order valence-corrected chi connectivity index (χ0v) is 12.6. The van der Waals surface area contributed by atoms with Gasteiger partial charge in [-0.2, -0.15) is 0 Å². The Balaban J connectivity index is 0.00000289. The van der Waals surface area contributed by atoms with Crippen molar-refractivity contribution in [2.45, 2.75) is 25.8 Å². The molecule has 0 aromatic heterocycles. The molecule has 4 N–H and O–H groups in total. The predicted octanol–water partition coefficient (Wildman–Crippen LogP) is 2.75. The van der Waals surface area contributed by atoms with Crippen molar-refractivity contribution >= 4 is 28.3 Å². The summed E-state index contributed by atoms with van der Waals surface area (Å²) in [6, 6.07) is 3.35. The molecule has 0 amide bonds. The second-order valence-electron chi connectivity index (χ2n) is 3.75. The van der Waals surface area contributed by atoms with E-state index in [1.165, 1.54) is 0 Å². The summed E-state index contributed by atoms with van der Waals surface area (Å²) in [5, 5.41) is 18.5. The summed E-state index contributed by atoms with van der Waals surface area (Å²) in [7, 11) is 0. The Morgan fingerprint density at radius 1 is 1.44 bits per heavy atom. The van der Waals surface area contributed by atoms with E-state index in [9.17, 15) is 5.11 Å². The van der Waals surface area contributed by atoms with E-state index in [4.69, 9.17) is 15.6 Å². The number of halogens is 2. The highest BCUT2D eigenvalue weighted by Crippen LogP contribution is 2.37. The van der Waals surface area contributed by atoms with E-state index in [0.29, 0.717) is 29.7 Å². The quantitative estimate of drug-likeness (QED) is 0.744. The third-order valence-corrected chi connectivity index (χ3v) is 3.06. The highest BCUT2D eigenvalue weighted by atomic mass is 79.9. The number of hydrogen-bond donors (Lipinski definition) is 3. The maximum atomic E-state index is 9.76. The number of phenols is 1. The van der Waals surface area contributed by atoms with Crippen LogP contribution < -0.4 is 10.5 Å². The molecule has 0 heterocycles. The number of aliphatic hydroxyl groups excluding tert-OH is 1. The molecule has 0 bridgehead atoms. The van der Waals surface area contributed by atoms with Gasteiger partial charge in [0.15, 0.2) is 11.5 Å². The van der Waals surface area contributed by atoms with E-state index in [2.05, 4.69) is 15.9 Å². The van der Waals surface area contributed by atoms with Crippen LogP contribution in [-0.2, 0) is 0 Å². The molecule has 4 nitrogen and oxygen atoms in total. The van der Waals surface area contributed by atoms with Gasteiger partial charge in [0, 0.05) is 12.6 Å². The van der Waals surface area contributed by atoms with Gasteiger partial charge in [-0.15, -0.1) is 12.4 Å². The number of nitrogens with two attached hydrogens (primary N) is 1. The van der Waals surface area contributed by atoms with Gasteiger partial charge in [-0.05, 0) is 53.4 Å². The molecule has 1 atom stereocenters. The van der Waals surface area contributed by atoms with E-state index >= 15 is 0 Å². The Morgan fingerprint density at radius 2 is 2.11 bits per heavy atom. The highest BCUT2D eigenvalue weighted by molar-refractivity contribution is 9.10. The summed E-state index contributed by atoms with van der Waals surface area (Å²) >= 11 is 3.27. The van der Waals surface area contributed by atoms with Crippen LogP contribution in [0.5, 0.6) is 11.5 Å². The van der Waals surface area contributed by atoms with Crippen molar-refractivity contribution in [3.05, 3.63) is 22.2 Å². The zero-order chi connectivity index (χ0) is 12.8. The first kappa shape index (κ1) is 17.5. The Labute approximate surface area is 122 Å². The van der Waals surface area contributed by atoms with E-state index in [-0.39, 0.29) is 30.8 Å². The average molecular weight is 341 g/mol. The minimum absolute atomic E-state index is 0. The minimum Gasteiger partial charge on any atom is -0.503 e. The molecule has 0 saturated heterocycles. The Hall–Kier alpha value is -0.490.